The predicted molar refractivity (Wildman–Crippen MR) is 115 cm³/mol. The van der Waals surface area contributed by atoms with E-state index in [4.69, 9.17) is 11.6 Å². The molecule has 1 aliphatic carbocycles. The SMILES string of the molecule is Clc1cc(-c2c[nH]c3ncccc23)cc(NC2CCC(C3CCNC3)CC2)n1. The normalized spacial score (nSPS) is 25.2. The molecular formula is C22H26ClN5. The van der Waals surface area contributed by atoms with Gasteiger partial charge in [-0.25, -0.2) is 9.97 Å². The summed E-state index contributed by atoms with van der Waals surface area (Å²) in [6, 6.07) is 8.55. The highest BCUT2D eigenvalue weighted by Gasteiger charge is 2.29. The van der Waals surface area contributed by atoms with Gasteiger partial charge < -0.3 is 15.6 Å². The van der Waals surface area contributed by atoms with Gasteiger partial charge in [-0.3, -0.25) is 0 Å². The number of rotatable bonds is 4. The van der Waals surface area contributed by atoms with Gasteiger partial charge in [0.05, 0.1) is 0 Å². The molecule has 3 aromatic rings. The fourth-order valence-corrected chi connectivity index (χ4v) is 5.15. The van der Waals surface area contributed by atoms with Crippen LogP contribution in [0.5, 0.6) is 0 Å². The lowest BCUT2D eigenvalue weighted by Gasteiger charge is -2.32. The predicted octanol–water partition coefficient (Wildman–Crippen LogP) is 4.86. The van der Waals surface area contributed by atoms with Crippen molar-refractivity contribution in [2.75, 3.05) is 18.4 Å². The third-order valence-electron chi connectivity index (χ3n) is 6.45. The third kappa shape index (κ3) is 3.61. The number of pyridine rings is 2. The number of hydrogen-bond donors (Lipinski definition) is 3. The summed E-state index contributed by atoms with van der Waals surface area (Å²) in [5.41, 5.74) is 3.06. The Bertz CT molecular complexity index is 954. The first kappa shape index (κ1) is 18.0. The molecule has 0 bridgehead atoms. The fraction of sp³-hybridized carbons (Fsp3) is 0.455. The first-order valence-electron chi connectivity index (χ1n) is 10.3. The molecule has 1 unspecified atom stereocenters. The van der Waals surface area contributed by atoms with Gasteiger partial charge in [0, 0.05) is 29.4 Å². The van der Waals surface area contributed by atoms with E-state index in [0.29, 0.717) is 11.2 Å². The summed E-state index contributed by atoms with van der Waals surface area (Å²) in [6.45, 7) is 2.41. The molecule has 0 radical (unpaired) electrons. The first-order valence-corrected chi connectivity index (χ1v) is 10.7. The molecule has 146 valence electrons. The molecule has 0 amide bonds. The molecule has 0 aromatic carbocycles. The van der Waals surface area contributed by atoms with E-state index in [1.54, 1.807) is 6.20 Å². The van der Waals surface area contributed by atoms with E-state index in [2.05, 4.69) is 37.7 Å². The topological polar surface area (TPSA) is 65.6 Å². The van der Waals surface area contributed by atoms with Crippen LogP contribution in [0.15, 0.2) is 36.7 Å². The van der Waals surface area contributed by atoms with E-state index in [1.807, 2.05) is 18.3 Å². The van der Waals surface area contributed by atoms with Gasteiger partial charge in [0.2, 0.25) is 0 Å². The largest absolute Gasteiger partial charge is 0.367 e. The number of hydrogen-bond acceptors (Lipinski definition) is 4. The summed E-state index contributed by atoms with van der Waals surface area (Å²) >= 11 is 6.36. The van der Waals surface area contributed by atoms with E-state index in [9.17, 15) is 0 Å². The van der Waals surface area contributed by atoms with Crippen LogP contribution >= 0.6 is 11.6 Å². The van der Waals surface area contributed by atoms with Crippen molar-refractivity contribution in [3.05, 3.63) is 41.8 Å². The highest BCUT2D eigenvalue weighted by molar-refractivity contribution is 6.29. The Balaban J connectivity index is 1.31. The summed E-state index contributed by atoms with van der Waals surface area (Å²) in [5, 5.41) is 8.77. The monoisotopic (exact) mass is 395 g/mol. The van der Waals surface area contributed by atoms with Crippen molar-refractivity contribution in [3.63, 3.8) is 0 Å². The zero-order valence-electron chi connectivity index (χ0n) is 15.9. The molecule has 0 spiro atoms. The second-order valence-electron chi connectivity index (χ2n) is 8.17. The molecule has 5 nitrogen and oxygen atoms in total. The summed E-state index contributed by atoms with van der Waals surface area (Å²) in [6.07, 6.45) is 10.2. The van der Waals surface area contributed by atoms with Crippen LogP contribution in [0.3, 0.4) is 0 Å². The van der Waals surface area contributed by atoms with E-state index in [0.717, 1.165) is 39.8 Å². The van der Waals surface area contributed by atoms with E-state index in [1.165, 1.54) is 45.2 Å². The van der Waals surface area contributed by atoms with Gasteiger partial charge in [0.1, 0.15) is 16.6 Å². The quantitative estimate of drug-likeness (QED) is 0.552. The van der Waals surface area contributed by atoms with Gasteiger partial charge in [-0.05, 0) is 86.9 Å². The number of halogens is 1. The second-order valence-corrected chi connectivity index (χ2v) is 8.56. The molecule has 1 saturated carbocycles. The number of nitrogens with one attached hydrogen (secondary N) is 3. The standard InChI is InChI=1S/C22H26ClN5/c23-20-10-16(19-13-26-22-18(19)2-1-8-25-22)11-21(28-20)27-17-5-3-14(4-6-17)15-7-9-24-12-15/h1-2,8,10-11,13-15,17,24H,3-7,9,12H2,(H,25,26)(H,27,28). The van der Waals surface area contributed by atoms with Crippen molar-refractivity contribution >= 4 is 28.5 Å². The molecule has 28 heavy (non-hydrogen) atoms. The Kier molecular flexibility index (Phi) is 4.95. The molecule has 2 fully saturated rings. The highest BCUT2D eigenvalue weighted by atomic mass is 35.5. The number of nitrogens with zero attached hydrogens (tertiary/aromatic N) is 2. The zero-order valence-corrected chi connectivity index (χ0v) is 16.7. The molecule has 1 saturated heterocycles. The van der Waals surface area contributed by atoms with Gasteiger partial charge in [-0.15, -0.1) is 0 Å². The van der Waals surface area contributed by atoms with Crippen molar-refractivity contribution in [2.24, 2.45) is 11.8 Å². The number of fused-ring (bicyclic) bond motifs is 1. The van der Waals surface area contributed by atoms with Crippen LogP contribution in [0.1, 0.15) is 32.1 Å². The molecule has 1 atom stereocenters. The van der Waals surface area contributed by atoms with Crippen LogP contribution in [-0.2, 0) is 0 Å². The Hall–Kier alpha value is -2.11. The smallest absolute Gasteiger partial charge is 0.137 e. The van der Waals surface area contributed by atoms with Crippen LogP contribution in [0, 0.1) is 11.8 Å². The van der Waals surface area contributed by atoms with Crippen molar-refractivity contribution in [1.29, 1.82) is 0 Å². The molecule has 6 heteroatoms. The summed E-state index contributed by atoms with van der Waals surface area (Å²) in [4.78, 5) is 12.2. The molecular weight excluding hydrogens is 370 g/mol. The maximum absolute atomic E-state index is 6.36. The van der Waals surface area contributed by atoms with E-state index < -0.39 is 0 Å². The van der Waals surface area contributed by atoms with E-state index >= 15 is 0 Å². The van der Waals surface area contributed by atoms with Crippen LogP contribution in [-0.4, -0.2) is 34.1 Å². The molecule has 4 heterocycles. The van der Waals surface area contributed by atoms with Crippen LogP contribution in [0.4, 0.5) is 5.82 Å². The maximum Gasteiger partial charge on any atom is 0.137 e. The van der Waals surface area contributed by atoms with Gasteiger partial charge >= 0.3 is 0 Å². The third-order valence-corrected chi connectivity index (χ3v) is 6.64. The fourth-order valence-electron chi connectivity index (χ4n) is 4.94. The van der Waals surface area contributed by atoms with Gasteiger partial charge in [-0.1, -0.05) is 11.6 Å². The average Bonchev–Trinajstić information content (AvgIpc) is 3.38. The van der Waals surface area contributed by atoms with Crippen LogP contribution in [0.2, 0.25) is 5.15 Å². The van der Waals surface area contributed by atoms with Crippen molar-refractivity contribution in [1.82, 2.24) is 20.3 Å². The maximum atomic E-state index is 6.36. The number of H-pyrrole nitrogens is 1. The summed E-state index contributed by atoms with van der Waals surface area (Å²) < 4.78 is 0. The van der Waals surface area contributed by atoms with Gasteiger partial charge in [0.15, 0.2) is 0 Å². The first-order chi connectivity index (χ1) is 13.8. The van der Waals surface area contributed by atoms with Crippen LogP contribution < -0.4 is 10.6 Å². The van der Waals surface area contributed by atoms with Crippen molar-refractivity contribution < 1.29 is 0 Å². The lowest BCUT2D eigenvalue weighted by molar-refractivity contribution is 0.252. The zero-order chi connectivity index (χ0) is 18.9. The lowest BCUT2D eigenvalue weighted by atomic mass is 9.78. The minimum atomic E-state index is 0.481. The minimum absolute atomic E-state index is 0.481. The lowest BCUT2D eigenvalue weighted by Crippen LogP contribution is -2.30. The van der Waals surface area contributed by atoms with E-state index in [-0.39, 0.29) is 0 Å². The van der Waals surface area contributed by atoms with Gasteiger partial charge in [0.25, 0.3) is 0 Å². The molecule has 2 aliphatic rings. The van der Waals surface area contributed by atoms with Gasteiger partial charge in [-0.2, -0.15) is 0 Å². The van der Waals surface area contributed by atoms with Crippen LogP contribution in [0.25, 0.3) is 22.2 Å². The minimum Gasteiger partial charge on any atom is -0.367 e. The second kappa shape index (κ2) is 7.72. The van der Waals surface area contributed by atoms with Crippen molar-refractivity contribution in [2.45, 2.75) is 38.1 Å². The molecule has 3 aromatic heterocycles. The number of aromatic nitrogens is 3. The highest BCUT2D eigenvalue weighted by Crippen LogP contribution is 2.35. The average molecular weight is 396 g/mol. The Labute approximate surface area is 170 Å². The number of aromatic amines is 1. The summed E-state index contributed by atoms with van der Waals surface area (Å²) in [5.74, 6) is 2.63. The number of anilines is 1. The van der Waals surface area contributed by atoms with Crippen molar-refractivity contribution in [3.8, 4) is 11.1 Å². The molecule has 1 aliphatic heterocycles. The summed E-state index contributed by atoms with van der Waals surface area (Å²) in [7, 11) is 0. The Morgan fingerprint density at radius 1 is 1.07 bits per heavy atom. The Morgan fingerprint density at radius 3 is 2.79 bits per heavy atom. The Morgan fingerprint density at radius 2 is 1.96 bits per heavy atom. The molecule has 3 N–H and O–H groups in total. The molecule has 5 rings (SSSR count).